The van der Waals surface area contributed by atoms with Crippen LogP contribution in [-0.2, 0) is 10.0 Å². The average molecular weight is 329 g/mol. The van der Waals surface area contributed by atoms with Crippen molar-refractivity contribution < 1.29 is 8.42 Å². The number of thioether (sulfide) groups is 1. The maximum Gasteiger partial charge on any atom is 0.241 e. The molecule has 1 saturated heterocycles. The molecule has 1 aliphatic heterocycles. The maximum atomic E-state index is 12.6. The summed E-state index contributed by atoms with van der Waals surface area (Å²) < 4.78 is 28.0. The molecule has 5 nitrogen and oxygen atoms in total. The van der Waals surface area contributed by atoms with E-state index in [1.54, 1.807) is 26.0 Å². The van der Waals surface area contributed by atoms with Gasteiger partial charge in [0.2, 0.25) is 10.0 Å². The van der Waals surface area contributed by atoms with Crippen molar-refractivity contribution >= 4 is 27.5 Å². The van der Waals surface area contributed by atoms with E-state index < -0.39 is 10.0 Å². The van der Waals surface area contributed by atoms with Crippen LogP contribution in [0.15, 0.2) is 17.0 Å². The van der Waals surface area contributed by atoms with Gasteiger partial charge >= 0.3 is 0 Å². The first-order valence-electron chi connectivity index (χ1n) is 6.99. The van der Waals surface area contributed by atoms with Crippen molar-refractivity contribution in [2.24, 2.45) is 5.84 Å². The molecule has 1 unspecified atom stereocenters. The third-order valence-corrected chi connectivity index (χ3v) is 7.08. The van der Waals surface area contributed by atoms with E-state index in [2.05, 4.69) is 17.1 Å². The van der Waals surface area contributed by atoms with Gasteiger partial charge in [-0.15, -0.1) is 0 Å². The van der Waals surface area contributed by atoms with Crippen LogP contribution in [0.1, 0.15) is 30.9 Å². The largest absolute Gasteiger partial charge is 0.324 e. The van der Waals surface area contributed by atoms with Gasteiger partial charge in [-0.3, -0.25) is 5.84 Å². The Morgan fingerprint density at radius 2 is 1.95 bits per heavy atom. The van der Waals surface area contributed by atoms with Gasteiger partial charge in [-0.25, -0.2) is 13.1 Å². The van der Waals surface area contributed by atoms with Crippen LogP contribution in [0, 0.1) is 13.8 Å². The summed E-state index contributed by atoms with van der Waals surface area (Å²) in [5.74, 6) is 6.49. The van der Waals surface area contributed by atoms with Crippen LogP contribution in [0.3, 0.4) is 0 Å². The molecule has 118 valence electrons. The van der Waals surface area contributed by atoms with Gasteiger partial charge in [0.15, 0.2) is 0 Å². The van der Waals surface area contributed by atoms with Gasteiger partial charge in [0.25, 0.3) is 0 Å². The lowest BCUT2D eigenvalue weighted by Gasteiger charge is -2.23. The van der Waals surface area contributed by atoms with Crippen molar-refractivity contribution in [2.75, 3.05) is 17.7 Å². The molecule has 1 atom stereocenters. The Morgan fingerprint density at radius 3 is 2.43 bits per heavy atom. The number of rotatable bonds is 5. The fourth-order valence-corrected chi connectivity index (χ4v) is 5.71. The predicted octanol–water partition coefficient (Wildman–Crippen LogP) is 2.15. The molecule has 0 saturated carbocycles. The zero-order chi connectivity index (χ0) is 15.7. The number of hydrogen-bond donors (Lipinski definition) is 3. The van der Waals surface area contributed by atoms with Crippen molar-refractivity contribution in [3.05, 3.63) is 23.3 Å². The van der Waals surface area contributed by atoms with E-state index in [0.717, 1.165) is 18.6 Å². The molecular weight excluding hydrogens is 306 g/mol. The Hall–Kier alpha value is -0.760. The van der Waals surface area contributed by atoms with Gasteiger partial charge in [0.05, 0.1) is 4.90 Å². The van der Waals surface area contributed by atoms with Gasteiger partial charge in [-0.2, -0.15) is 11.8 Å². The number of anilines is 1. The number of nitrogens with two attached hydrogens (primary N) is 1. The lowest BCUT2D eigenvalue weighted by molar-refractivity contribution is 0.551. The first kappa shape index (κ1) is 16.6. The second-order valence-corrected chi connectivity index (χ2v) is 9.20. The first-order chi connectivity index (χ1) is 9.77. The van der Waals surface area contributed by atoms with Crippen molar-refractivity contribution in [3.63, 3.8) is 0 Å². The number of nitrogen functional groups attached to an aromatic ring is 1. The molecule has 4 N–H and O–H groups in total. The summed E-state index contributed by atoms with van der Waals surface area (Å²) in [4.78, 5) is 0.355. The normalized spacial score (nSPS) is 22.5. The van der Waals surface area contributed by atoms with E-state index in [1.165, 1.54) is 0 Å². The summed E-state index contributed by atoms with van der Waals surface area (Å²) in [6.45, 7) is 6.16. The van der Waals surface area contributed by atoms with Crippen molar-refractivity contribution in [3.8, 4) is 0 Å². The van der Waals surface area contributed by atoms with Gasteiger partial charge in [0, 0.05) is 17.0 Å². The standard InChI is InChI=1S/C14H23N3O2S2/c1-10-7-12(17-15)8-11(2)13(10)21(18,19)16-9-14(3)5-4-6-20-14/h7-8,16-17H,4-6,9,15H2,1-3H3. The van der Waals surface area contributed by atoms with Crippen LogP contribution < -0.4 is 16.0 Å². The Kier molecular flexibility index (Phi) is 4.87. The number of aryl methyl sites for hydroxylation is 2. The van der Waals surface area contributed by atoms with Crippen molar-refractivity contribution in [1.29, 1.82) is 0 Å². The summed E-state index contributed by atoms with van der Waals surface area (Å²) in [6.07, 6.45) is 2.20. The summed E-state index contributed by atoms with van der Waals surface area (Å²) in [5.41, 5.74) is 4.65. The van der Waals surface area contributed by atoms with E-state index in [9.17, 15) is 8.42 Å². The fraction of sp³-hybridized carbons (Fsp3) is 0.571. The molecule has 21 heavy (non-hydrogen) atoms. The highest BCUT2D eigenvalue weighted by Gasteiger charge is 2.31. The van der Waals surface area contributed by atoms with Gasteiger partial charge in [-0.05, 0) is 62.6 Å². The molecule has 1 aromatic carbocycles. The van der Waals surface area contributed by atoms with E-state index in [4.69, 9.17) is 5.84 Å². The number of benzene rings is 1. The highest BCUT2D eigenvalue weighted by atomic mass is 32.2. The Labute approximate surface area is 131 Å². The zero-order valence-electron chi connectivity index (χ0n) is 12.7. The maximum absolute atomic E-state index is 12.6. The number of hydrazine groups is 1. The smallest absolute Gasteiger partial charge is 0.241 e. The molecule has 0 amide bonds. The molecule has 2 rings (SSSR count). The van der Waals surface area contributed by atoms with Crippen LogP contribution in [0.2, 0.25) is 0 Å². The number of nitrogens with one attached hydrogen (secondary N) is 2. The molecule has 1 heterocycles. The highest BCUT2D eigenvalue weighted by molar-refractivity contribution is 8.01. The lowest BCUT2D eigenvalue weighted by atomic mass is 10.1. The highest BCUT2D eigenvalue weighted by Crippen LogP contribution is 2.37. The summed E-state index contributed by atoms with van der Waals surface area (Å²) in [6, 6.07) is 3.49. The third kappa shape index (κ3) is 3.71. The van der Waals surface area contributed by atoms with Gasteiger partial charge < -0.3 is 5.43 Å². The minimum atomic E-state index is -3.50. The van der Waals surface area contributed by atoms with Gasteiger partial charge in [0.1, 0.15) is 0 Å². The number of hydrogen-bond acceptors (Lipinski definition) is 5. The van der Waals surface area contributed by atoms with E-state index in [1.807, 2.05) is 11.8 Å². The molecule has 0 aliphatic carbocycles. The Morgan fingerprint density at radius 1 is 1.33 bits per heavy atom. The van der Waals surface area contributed by atoms with Crippen LogP contribution in [0.5, 0.6) is 0 Å². The molecule has 0 aromatic heterocycles. The van der Waals surface area contributed by atoms with Crippen LogP contribution >= 0.6 is 11.8 Å². The SMILES string of the molecule is Cc1cc(NN)cc(C)c1S(=O)(=O)NCC1(C)CCCS1. The average Bonchev–Trinajstić information content (AvgIpc) is 2.83. The van der Waals surface area contributed by atoms with Crippen LogP contribution in [0.25, 0.3) is 0 Å². The second-order valence-electron chi connectivity index (χ2n) is 5.81. The number of sulfonamides is 1. The lowest BCUT2D eigenvalue weighted by Crippen LogP contribution is -2.37. The molecule has 1 aliphatic rings. The molecule has 1 aromatic rings. The quantitative estimate of drug-likeness (QED) is 0.569. The van der Waals surface area contributed by atoms with E-state index >= 15 is 0 Å². The monoisotopic (exact) mass is 329 g/mol. The minimum absolute atomic E-state index is 0.00757. The molecule has 7 heteroatoms. The van der Waals surface area contributed by atoms with Crippen molar-refractivity contribution in [2.45, 2.75) is 43.3 Å². The molecule has 1 fully saturated rings. The minimum Gasteiger partial charge on any atom is -0.324 e. The second kappa shape index (κ2) is 6.16. The molecule has 0 radical (unpaired) electrons. The topological polar surface area (TPSA) is 84.2 Å². The van der Waals surface area contributed by atoms with E-state index in [0.29, 0.717) is 28.3 Å². The summed E-state index contributed by atoms with van der Waals surface area (Å²) in [7, 11) is -3.50. The molecule has 0 spiro atoms. The predicted molar refractivity (Wildman–Crippen MR) is 89.0 cm³/mol. The van der Waals surface area contributed by atoms with Crippen LogP contribution in [-0.4, -0.2) is 25.5 Å². The fourth-order valence-electron chi connectivity index (χ4n) is 2.75. The van der Waals surface area contributed by atoms with Gasteiger partial charge in [-0.1, -0.05) is 0 Å². The van der Waals surface area contributed by atoms with E-state index in [-0.39, 0.29) is 4.75 Å². The molecule has 0 bridgehead atoms. The van der Waals surface area contributed by atoms with Crippen LogP contribution in [0.4, 0.5) is 5.69 Å². The molecular formula is C14H23N3O2S2. The summed E-state index contributed by atoms with van der Waals surface area (Å²) in [5, 5.41) is 0. The third-order valence-electron chi connectivity index (χ3n) is 3.83. The first-order valence-corrected chi connectivity index (χ1v) is 9.46. The zero-order valence-corrected chi connectivity index (χ0v) is 14.3. The van der Waals surface area contributed by atoms with Crippen molar-refractivity contribution in [1.82, 2.24) is 4.72 Å². The summed E-state index contributed by atoms with van der Waals surface area (Å²) >= 11 is 1.84. The Balaban J connectivity index is 2.23. The Bertz CT molecular complexity index is 600.